The zero-order valence-corrected chi connectivity index (χ0v) is 13.7. The normalized spacial score (nSPS) is 15.0. The number of nitrogen functional groups attached to an aromatic ring is 1. The second kappa shape index (κ2) is 7.85. The van der Waals surface area contributed by atoms with Gasteiger partial charge >= 0.3 is 5.97 Å². The number of hydrogen-bond donors (Lipinski definition) is 1. The van der Waals surface area contributed by atoms with Crippen molar-refractivity contribution < 1.29 is 19.1 Å². The third-order valence-electron chi connectivity index (χ3n) is 4.30. The highest BCUT2D eigenvalue weighted by molar-refractivity contribution is 5.90. The third kappa shape index (κ3) is 4.37. The van der Waals surface area contributed by atoms with Crippen molar-refractivity contribution in [2.24, 2.45) is 0 Å². The van der Waals surface area contributed by atoms with Gasteiger partial charge < -0.3 is 20.1 Å². The molecule has 6 nitrogen and oxygen atoms in total. The summed E-state index contributed by atoms with van der Waals surface area (Å²) in [4.78, 5) is 25.6. The van der Waals surface area contributed by atoms with Crippen molar-refractivity contribution in [1.29, 1.82) is 0 Å². The number of esters is 1. The Morgan fingerprint density at radius 3 is 2.61 bits per heavy atom. The highest BCUT2D eigenvalue weighted by Gasteiger charge is 2.22. The van der Waals surface area contributed by atoms with Crippen molar-refractivity contribution in [2.45, 2.75) is 38.1 Å². The molecule has 0 atom stereocenters. The summed E-state index contributed by atoms with van der Waals surface area (Å²) in [7, 11) is 3.12. The number of methoxy groups -OCH3 is 1. The fourth-order valence-electron chi connectivity index (χ4n) is 2.82. The highest BCUT2D eigenvalue weighted by atomic mass is 16.5. The topological polar surface area (TPSA) is 81.9 Å². The van der Waals surface area contributed by atoms with Crippen molar-refractivity contribution in [3.05, 3.63) is 23.8 Å². The first-order chi connectivity index (χ1) is 11.0. The summed E-state index contributed by atoms with van der Waals surface area (Å²) in [5, 5.41) is 0. The van der Waals surface area contributed by atoms with Crippen LogP contribution in [0.3, 0.4) is 0 Å². The van der Waals surface area contributed by atoms with E-state index in [9.17, 15) is 9.59 Å². The van der Waals surface area contributed by atoms with Crippen LogP contribution in [0.25, 0.3) is 0 Å². The van der Waals surface area contributed by atoms with E-state index >= 15 is 0 Å². The lowest BCUT2D eigenvalue weighted by atomic mass is 9.94. The molecular formula is C17H24N2O4. The summed E-state index contributed by atoms with van der Waals surface area (Å²) >= 11 is 0. The number of hydrogen-bond acceptors (Lipinski definition) is 5. The monoisotopic (exact) mass is 320 g/mol. The number of nitrogens with zero attached hydrogens (tertiary/aromatic N) is 1. The molecular weight excluding hydrogens is 296 g/mol. The maximum Gasteiger partial charge on any atom is 0.337 e. The summed E-state index contributed by atoms with van der Waals surface area (Å²) in [6.07, 6.45) is 5.66. The van der Waals surface area contributed by atoms with E-state index < -0.39 is 5.97 Å². The maximum atomic E-state index is 12.3. The highest BCUT2D eigenvalue weighted by Crippen LogP contribution is 2.24. The minimum Gasteiger partial charge on any atom is -0.482 e. The van der Waals surface area contributed by atoms with Crippen LogP contribution in [-0.4, -0.2) is 43.6 Å². The molecule has 0 spiro atoms. The Morgan fingerprint density at radius 1 is 1.26 bits per heavy atom. The first-order valence-corrected chi connectivity index (χ1v) is 7.89. The van der Waals surface area contributed by atoms with Gasteiger partial charge in [-0.2, -0.15) is 0 Å². The third-order valence-corrected chi connectivity index (χ3v) is 4.30. The number of carbonyl (C=O) groups is 2. The lowest BCUT2D eigenvalue weighted by Gasteiger charge is -2.31. The van der Waals surface area contributed by atoms with Crippen molar-refractivity contribution in [2.75, 3.05) is 26.5 Å². The van der Waals surface area contributed by atoms with Crippen LogP contribution in [0.15, 0.2) is 18.2 Å². The van der Waals surface area contributed by atoms with Gasteiger partial charge in [0.15, 0.2) is 6.61 Å². The Kier molecular flexibility index (Phi) is 5.84. The first kappa shape index (κ1) is 17.1. The first-order valence-electron chi connectivity index (χ1n) is 7.89. The molecule has 1 saturated carbocycles. The molecule has 0 radical (unpaired) electrons. The van der Waals surface area contributed by atoms with Gasteiger partial charge in [-0.25, -0.2) is 4.79 Å². The van der Waals surface area contributed by atoms with E-state index in [1.807, 2.05) is 7.05 Å². The molecule has 0 aliphatic heterocycles. The fraction of sp³-hybridized carbons (Fsp3) is 0.529. The van der Waals surface area contributed by atoms with Crippen LogP contribution >= 0.6 is 0 Å². The van der Waals surface area contributed by atoms with Gasteiger partial charge in [0.05, 0.1) is 18.4 Å². The number of nitrogens with two attached hydrogens (primary N) is 1. The van der Waals surface area contributed by atoms with E-state index in [0.29, 0.717) is 23.0 Å². The van der Waals surface area contributed by atoms with Crippen molar-refractivity contribution >= 4 is 17.6 Å². The van der Waals surface area contributed by atoms with Gasteiger partial charge in [-0.15, -0.1) is 0 Å². The predicted molar refractivity (Wildman–Crippen MR) is 87.3 cm³/mol. The number of carbonyl (C=O) groups excluding carboxylic acids is 2. The molecule has 1 fully saturated rings. The Balaban J connectivity index is 1.96. The van der Waals surface area contributed by atoms with E-state index in [0.717, 1.165) is 25.7 Å². The molecule has 23 heavy (non-hydrogen) atoms. The predicted octanol–water partition coefficient (Wildman–Crippen LogP) is 2.23. The van der Waals surface area contributed by atoms with E-state index in [1.54, 1.807) is 17.0 Å². The van der Waals surface area contributed by atoms with Crippen molar-refractivity contribution in [3.63, 3.8) is 0 Å². The summed E-state index contributed by atoms with van der Waals surface area (Å²) < 4.78 is 10.2. The second-order valence-electron chi connectivity index (χ2n) is 5.83. The molecule has 1 aliphatic rings. The minimum absolute atomic E-state index is 0.0835. The lowest BCUT2D eigenvalue weighted by Crippen LogP contribution is -2.40. The molecule has 0 bridgehead atoms. The average Bonchev–Trinajstić information content (AvgIpc) is 2.60. The Bertz CT molecular complexity index is 568. The van der Waals surface area contributed by atoms with E-state index in [4.69, 9.17) is 10.5 Å². The molecule has 0 aromatic heterocycles. The Morgan fingerprint density at radius 2 is 1.96 bits per heavy atom. The number of benzene rings is 1. The molecule has 1 amide bonds. The van der Waals surface area contributed by atoms with E-state index in [-0.39, 0.29) is 12.5 Å². The van der Waals surface area contributed by atoms with Crippen LogP contribution in [0.2, 0.25) is 0 Å². The number of amides is 1. The Hall–Kier alpha value is -2.24. The van der Waals surface area contributed by atoms with Crippen molar-refractivity contribution in [1.82, 2.24) is 4.90 Å². The van der Waals surface area contributed by atoms with Gasteiger partial charge in [0.25, 0.3) is 5.91 Å². The van der Waals surface area contributed by atoms with Crippen molar-refractivity contribution in [3.8, 4) is 5.75 Å². The van der Waals surface area contributed by atoms with E-state index in [2.05, 4.69) is 4.74 Å². The maximum absolute atomic E-state index is 12.3. The standard InChI is InChI=1S/C17H24N2O4/c1-19(13-6-4-3-5-7-13)16(20)11-23-15-10-12(17(21)22-2)8-9-14(15)18/h8-10,13H,3-7,11,18H2,1-2H3. The number of likely N-dealkylation sites (N-methyl/N-ethyl adjacent to an activating group) is 1. The zero-order valence-electron chi connectivity index (χ0n) is 13.7. The van der Waals surface area contributed by atoms with Crippen LogP contribution in [0.5, 0.6) is 5.75 Å². The summed E-state index contributed by atoms with van der Waals surface area (Å²) in [5.74, 6) is -0.237. The molecule has 126 valence electrons. The van der Waals surface area contributed by atoms with Crippen LogP contribution in [0.4, 0.5) is 5.69 Å². The molecule has 1 aliphatic carbocycles. The van der Waals surface area contributed by atoms with Crippen LogP contribution in [0.1, 0.15) is 42.5 Å². The molecule has 2 rings (SSSR count). The molecule has 1 aromatic rings. The average molecular weight is 320 g/mol. The molecule has 0 unspecified atom stereocenters. The number of anilines is 1. The van der Waals surface area contributed by atoms with Crippen LogP contribution in [0, 0.1) is 0 Å². The molecule has 6 heteroatoms. The minimum atomic E-state index is -0.472. The molecule has 0 heterocycles. The van der Waals surface area contributed by atoms with Gasteiger partial charge in [0.2, 0.25) is 0 Å². The van der Waals surface area contributed by atoms with Crippen LogP contribution in [-0.2, 0) is 9.53 Å². The summed E-state index contributed by atoms with van der Waals surface area (Å²) in [5.41, 5.74) is 6.55. The fourth-order valence-corrected chi connectivity index (χ4v) is 2.82. The second-order valence-corrected chi connectivity index (χ2v) is 5.83. The van der Waals surface area contributed by atoms with Gasteiger partial charge in [-0.05, 0) is 31.0 Å². The SMILES string of the molecule is COC(=O)c1ccc(N)c(OCC(=O)N(C)C2CCCCC2)c1. The summed E-state index contributed by atoms with van der Waals surface area (Å²) in [6, 6.07) is 4.91. The van der Waals surface area contributed by atoms with Gasteiger partial charge in [-0.1, -0.05) is 19.3 Å². The molecule has 2 N–H and O–H groups in total. The van der Waals surface area contributed by atoms with Gasteiger partial charge in [0.1, 0.15) is 5.75 Å². The van der Waals surface area contributed by atoms with Gasteiger partial charge in [0, 0.05) is 13.1 Å². The smallest absolute Gasteiger partial charge is 0.337 e. The lowest BCUT2D eigenvalue weighted by molar-refractivity contribution is -0.134. The molecule has 0 saturated heterocycles. The summed E-state index contributed by atoms with van der Waals surface area (Å²) in [6.45, 7) is -0.0954. The number of rotatable bonds is 5. The zero-order chi connectivity index (χ0) is 16.8. The van der Waals surface area contributed by atoms with Crippen LogP contribution < -0.4 is 10.5 Å². The largest absolute Gasteiger partial charge is 0.482 e. The molecule has 1 aromatic carbocycles. The van der Waals surface area contributed by atoms with Gasteiger partial charge in [-0.3, -0.25) is 4.79 Å². The quantitative estimate of drug-likeness (QED) is 0.664. The number of ether oxygens (including phenoxy) is 2. The Labute approximate surface area is 136 Å². The van der Waals surface area contributed by atoms with E-state index in [1.165, 1.54) is 19.6 Å².